The van der Waals surface area contributed by atoms with Crippen molar-refractivity contribution < 1.29 is 14.3 Å². The molecular formula is C13H18N2O3S. The van der Waals surface area contributed by atoms with Gasteiger partial charge in [-0.05, 0) is 24.6 Å². The molecule has 0 aromatic heterocycles. The number of hydrazine groups is 1. The summed E-state index contributed by atoms with van der Waals surface area (Å²) < 4.78 is 11.0. The minimum atomic E-state index is -0.183. The van der Waals surface area contributed by atoms with Crippen LogP contribution in [-0.2, 0) is 4.79 Å². The van der Waals surface area contributed by atoms with Crippen molar-refractivity contribution in [3.05, 3.63) is 18.2 Å². The molecule has 3 N–H and O–H groups in total. The number of thioether (sulfide) groups is 1. The van der Waals surface area contributed by atoms with E-state index in [0.717, 1.165) is 29.2 Å². The molecule has 0 saturated carbocycles. The van der Waals surface area contributed by atoms with Crippen LogP contribution in [0.2, 0.25) is 0 Å². The first-order chi connectivity index (χ1) is 9.24. The molecule has 1 heterocycles. The number of hydrogen-bond acceptors (Lipinski definition) is 5. The van der Waals surface area contributed by atoms with E-state index in [-0.39, 0.29) is 11.2 Å². The number of amides is 1. The number of nitrogens with one attached hydrogen (secondary N) is 1. The first-order valence-electron chi connectivity index (χ1n) is 6.31. The summed E-state index contributed by atoms with van der Waals surface area (Å²) in [5.74, 6) is 6.55. The fourth-order valence-electron chi connectivity index (χ4n) is 1.86. The van der Waals surface area contributed by atoms with Gasteiger partial charge in [0.1, 0.15) is 13.2 Å². The van der Waals surface area contributed by atoms with Crippen molar-refractivity contribution in [3.8, 4) is 11.5 Å². The zero-order valence-electron chi connectivity index (χ0n) is 10.8. The fourth-order valence-corrected chi connectivity index (χ4v) is 3.04. The lowest BCUT2D eigenvalue weighted by Gasteiger charge is -2.20. The molecule has 1 aliphatic heterocycles. The maximum atomic E-state index is 11.7. The molecule has 1 unspecified atom stereocenters. The summed E-state index contributed by atoms with van der Waals surface area (Å²) in [5.41, 5.74) is 2.22. The van der Waals surface area contributed by atoms with Gasteiger partial charge in [-0.3, -0.25) is 10.2 Å². The zero-order valence-corrected chi connectivity index (χ0v) is 11.7. The highest BCUT2D eigenvalue weighted by atomic mass is 32.2. The Hall–Kier alpha value is -1.40. The van der Waals surface area contributed by atoms with Gasteiger partial charge in [-0.2, -0.15) is 0 Å². The SMILES string of the molecule is CCCC(Sc1ccc2c(c1)OCCO2)C(=O)NN. The molecule has 1 aromatic carbocycles. The molecule has 2 rings (SSSR count). The van der Waals surface area contributed by atoms with Gasteiger partial charge in [0.25, 0.3) is 0 Å². The van der Waals surface area contributed by atoms with Gasteiger partial charge in [-0.1, -0.05) is 13.3 Å². The molecule has 1 aliphatic rings. The molecular weight excluding hydrogens is 264 g/mol. The molecule has 6 heteroatoms. The topological polar surface area (TPSA) is 73.6 Å². The van der Waals surface area contributed by atoms with Gasteiger partial charge in [-0.15, -0.1) is 11.8 Å². The van der Waals surface area contributed by atoms with E-state index < -0.39 is 0 Å². The van der Waals surface area contributed by atoms with Gasteiger partial charge in [0, 0.05) is 4.90 Å². The monoisotopic (exact) mass is 282 g/mol. The van der Waals surface area contributed by atoms with Crippen LogP contribution in [0.3, 0.4) is 0 Å². The van der Waals surface area contributed by atoms with Crippen LogP contribution in [-0.4, -0.2) is 24.4 Å². The molecule has 0 radical (unpaired) electrons. The van der Waals surface area contributed by atoms with Crippen molar-refractivity contribution in [2.45, 2.75) is 29.9 Å². The van der Waals surface area contributed by atoms with Crippen molar-refractivity contribution >= 4 is 17.7 Å². The van der Waals surface area contributed by atoms with E-state index in [2.05, 4.69) is 5.43 Å². The van der Waals surface area contributed by atoms with E-state index in [0.29, 0.717) is 13.2 Å². The normalized spacial score (nSPS) is 14.8. The van der Waals surface area contributed by atoms with Crippen LogP contribution in [0.1, 0.15) is 19.8 Å². The number of benzene rings is 1. The van der Waals surface area contributed by atoms with E-state index in [9.17, 15) is 4.79 Å². The Kier molecular flexibility index (Phi) is 4.93. The number of carbonyl (C=O) groups is 1. The maximum absolute atomic E-state index is 11.7. The second kappa shape index (κ2) is 6.68. The van der Waals surface area contributed by atoms with Crippen LogP contribution in [0.5, 0.6) is 11.5 Å². The summed E-state index contributed by atoms with van der Waals surface area (Å²) in [7, 11) is 0. The largest absolute Gasteiger partial charge is 0.486 e. The van der Waals surface area contributed by atoms with Gasteiger partial charge in [0.05, 0.1) is 5.25 Å². The lowest BCUT2D eigenvalue weighted by molar-refractivity contribution is -0.120. The van der Waals surface area contributed by atoms with E-state index in [4.69, 9.17) is 15.3 Å². The average molecular weight is 282 g/mol. The van der Waals surface area contributed by atoms with Crippen molar-refractivity contribution in [2.75, 3.05) is 13.2 Å². The van der Waals surface area contributed by atoms with Gasteiger partial charge in [-0.25, -0.2) is 5.84 Å². The van der Waals surface area contributed by atoms with Crippen LogP contribution in [0.25, 0.3) is 0 Å². The van der Waals surface area contributed by atoms with Crippen LogP contribution >= 0.6 is 11.8 Å². The Morgan fingerprint density at radius 3 is 2.84 bits per heavy atom. The molecule has 19 heavy (non-hydrogen) atoms. The molecule has 0 saturated heterocycles. The highest BCUT2D eigenvalue weighted by Gasteiger charge is 2.19. The molecule has 0 fully saturated rings. The number of fused-ring (bicyclic) bond motifs is 1. The minimum absolute atomic E-state index is 0.151. The molecule has 0 spiro atoms. The van der Waals surface area contributed by atoms with Gasteiger partial charge < -0.3 is 9.47 Å². The summed E-state index contributed by atoms with van der Waals surface area (Å²) in [4.78, 5) is 12.7. The van der Waals surface area contributed by atoms with E-state index >= 15 is 0 Å². The molecule has 0 bridgehead atoms. The summed E-state index contributed by atoms with van der Waals surface area (Å²) in [6.45, 7) is 3.18. The summed E-state index contributed by atoms with van der Waals surface area (Å²) in [5, 5.41) is -0.183. The van der Waals surface area contributed by atoms with Crippen LogP contribution in [0.4, 0.5) is 0 Å². The Labute approximate surface area is 116 Å². The number of rotatable bonds is 5. The first-order valence-corrected chi connectivity index (χ1v) is 7.19. The zero-order chi connectivity index (χ0) is 13.7. The Bertz CT molecular complexity index is 454. The van der Waals surface area contributed by atoms with E-state index in [1.807, 2.05) is 25.1 Å². The average Bonchev–Trinajstić information content (AvgIpc) is 2.46. The summed E-state index contributed by atoms with van der Waals surface area (Å²) in [6.07, 6.45) is 1.71. The molecule has 1 amide bonds. The van der Waals surface area contributed by atoms with Gasteiger partial charge >= 0.3 is 0 Å². The second-order valence-electron chi connectivity index (χ2n) is 4.21. The number of hydrogen-bond donors (Lipinski definition) is 2. The van der Waals surface area contributed by atoms with Gasteiger partial charge in [0.15, 0.2) is 11.5 Å². The first kappa shape index (κ1) is 14.0. The third-order valence-electron chi connectivity index (χ3n) is 2.78. The van der Waals surface area contributed by atoms with Gasteiger partial charge in [0.2, 0.25) is 5.91 Å². The lowest BCUT2D eigenvalue weighted by atomic mass is 10.2. The second-order valence-corrected chi connectivity index (χ2v) is 5.49. The van der Waals surface area contributed by atoms with Crippen molar-refractivity contribution in [1.29, 1.82) is 0 Å². The highest BCUT2D eigenvalue weighted by Crippen LogP contribution is 2.36. The highest BCUT2D eigenvalue weighted by molar-refractivity contribution is 8.00. The van der Waals surface area contributed by atoms with E-state index in [1.54, 1.807) is 0 Å². The molecule has 1 atom stereocenters. The third-order valence-corrected chi connectivity index (χ3v) is 4.04. The minimum Gasteiger partial charge on any atom is -0.486 e. The summed E-state index contributed by atoms with van der Waals surface area (Å²) >= 11 is 1.49. The molecule has 0 aliphatic carbocycles. The summed E-state index contributed by atoms with van der Waals surface area (Å²) in [6, 6.07) is 5.72. The predicted octanol–water partition coefficient (Wildman–Crippen LogP) is 1.71. The quantitative estimate of drug-likeness (QED) is 0.372. The van der Waals surface area contributed by atoms with Crippen LogP contribution < -0.4 is 20.7 Å². The van der Waals surface area contributed by atoms with Crippen molar-refractivity contribution in [1.82, 2.24) is 5.43 Å². The van der Waals surface area contributed by atoms with Crippen molar-refractivity contribution in [2.24, 2.45) is 5.84 Å². The molecule has 1 aromatic rings. The van der Waals surface area contributed by atoms with Crippen molar-refractivity contribution in [3.63, 3.8) is 0 Å². The smallest absolute Gasteiger partial charge is 0.247 e. The predicted molar refractivity (Wildman–Crippen MR) is 74.3 cm³/mol. The van der Waals surface area contributed by atoms with E-state index in [1.165, 1.54) is 11.8 Å². The molecule has 5 nitrogen and oxygen atoms in total. The third kappa shape index (κ3) is 3.54. The fraction of sp³-hybridized carbons (Fsp3) is 0.462. The number of ether oxygens (including phenoxy) is 2. The Balaban J connectivity index is 2.10. The Morgan fingerprint density at radius 1 is 1.42 bits per heavy atom. The Morgan fingerprint density at radius 2 is 2.16 bits per heavy atom. The molecule has 104 valence electrons. The van der Waals surface area contributed by atoms with Crippen LogP contribution in [0.15, 0.2) is 23.1 Å². The number of nitrogens with two attached hydrogens (primary N) is 1. The standard InChI is InChI=1S/C13H18N2O3S/c1-2-3-12(13(16)15-14)19-9-4-5-10-11(8-9)18-7-6-17-10/h4-5,8,12H,2-3,6-7,14H2,1H3,(H,15,16). The number of carbonyl (C=O) groups excluding carboxylic acids is 1. The van der Waals surface area contributed by atoms with Crippen LogP contribution in [0, 0.1) is 0 Å². The lowest BCUT2D eigenvalue weighted by Crippen LogP contribution is -2.37. The maximum Gasteiger partial charge on any atom is 0.247 e.